The molecule has 1 aromatic carbocycles. The summed E-state index contributed by atoms with van der Waals surface area (Å²) < 4.78 is 23.7. The van der Waals surface area contributed by atoms with Crippen LogP contribution in [0.3, 0.4) is 0 Å². The minimum Gasteiger partial charge on any atom is -0.481 e. The van der Waals surface area contributed by atoms with Crippen LogP contribution in [-0.4, -0.2) is 30.3 Å². The Morgan fingerprint density at radius 3 is 2.67 bits per heavy atom. The molecule has 2 aromatic rings. The summed E-state index contributed by atoms with van der Waals surface area (Å²) in [6, 6.07) is 6.02. The van der Waals surface area contributed by atoms with Gasteiger partial charge in [0.15, 0.2) is 0 Å². The van der Waals surface area contributed by atoms with Crippen LogP contribution in [0.15, 0.2) is 30.5 Å². The van der Waals surface area contributed by atoms with Crippen molar-refractivity contribution in [3.63, 3.8) is 0 Å². The Morgan fingerprint density at radius 2 is 2.05 bits per heavy atom. The van der Waals surface area contributed by atoms with Crippen molar-refractivity contribution in [3.05, 3.63) is 47.4 Å². The van der Waals surface area contributed by atoms with Gasteiger partial charge in [0.2, 0.25) is 5.88 Å². The van der Waals surface area contributed by atoms with Crippen molar-refractivity contribution in [2.24, 2.45) is 0 Å². The molecule has 0 bridgehead atoms. The van der Waals surface area contributed by atoms with E-state index in [1.54, 1.807) is 12.1 Å². The number of esters is 1. The van der Waals surface area contributed by atoms with Crippen LogP contribution in [0.4, 0.5) is 4.39 Å². The molecule has 0 saturated heterocycles. The molecule has 110 valence electrons. The van der Waals surface area contributed by atoms with Crippen LogP contribution in [0, 0.1) is 5.82 Å². The molecule has 1 N–H and O–H groups in total. The van der Waals surface area contributed by atoms with Crippen LogP contribution in [0.5, 0.6) is 5.88 Å². The summed E-state index contributed by atoms with van der Waals surface area (Å²) in [4.78, 5) is 15.6. The predicted molar refractivity (Wildman–Crippen MR) is 73.4 cm³/mol. The lowest BCUT2D eigenvalue weighted by Gasteiger charge is -2.11. The van der Waals surface area contributed by atoms with E-state index >= 15 is 0 Å². The van der Waals surface area contributed by atoms with Gasteiger partial charge in [-0.25, -0.2) is 14.2 Å². The molecule has 6 heteroatoms. The zero-order chi connectivity index (χ0) is 15.4. The number of pyridine rings is 1. The molecule has 2 rings (SSSR count). The van der Waals surface area contributed by atoms with Crippen LogP contribution in [-0.2, 0) is 11.3 Å². The molecule has 21 heavy (non-hydrogen) atoms. The van der Waals surface area contributed by atoms with E-state index in [1.807, 2.05) is 0 Å². The van der Waals surface area contributed by atoms with Crippen LogP contribution in [0.2, 0.25) is 0 Å². The number of carbonyl (C=O) groups excluding carboxylic acids is 1. The van der Waals surface area contributed by atoms with Crippen molar-refractivity contribution in [2.45, 2.75) is 6.61 Å². The monoisotopic (exact) mass is 291 g/mol. The first kappa shape index (κ1) is 14.9. The van der Waals surface area contributed by atoms with Crippen molar-refractivity contribution in [1.29, 1.82) is 0 Å². The van der Waals surface area contributed by atoms with E-state index < -0.39 is 11.8 Å². The van der Waals surface area contributed by atoms with Gasteiger partial charge in [0, 0.05) is 11.6 Å². The molecule has 5 nitrogen and oxygen atoms in total. The smallest absolute Gasteiger partial charge is 0.338 e. The van der Waals surface area contributed by atoms with Gasteiger partial charge < -0.3 is 14.6 Å². The van der Waals surface area contributed by atoms with Crippen LogP contribution >= 0.6 is 0 Å². The fraction of sp³-hybridized carbons (Fsp3) is 0.200. The summed E-state index contributed by atoms with van der Waals surface area (Å²) in [5.74, 6) is -0.971. The lowest BCUT2D eigenvalue weighted by Crippen LogP contribution is -2.06. The van der Waals surface area contributed by atoms with Crippen molar-refractivity contribution < 1.29 is 23.8 Å². The summed E-state index contributed by atoms with van der Waals surface area (Å²) >= 11 is 0. The Labute approximate surface area is 121 Å². The molecule has 0 aliphatic rings. The highest BCUT2D eigenvalue weighted by molar-refractivity contribution is 5.97. The van der Waals surface area contributed by atoms with E-state index in [-0.39, 0.29) is 23.6 Å². The van der Waals surface area contributed by atoms with Gasteiger partial charge in [-0.15, -0.1) is 0 Å². The fourth-order valence-corrected chi connectivity index (χ4v) is 1.94. The SMILES string of the molecule is COC(=O)c1cc(CO)ccc1-c1cc(OC)ncc1F. The highest BCUT2D eigenvalue weighted by atomic mass is 19.1. The number of hydrogen-bond donors (Lipinski definition) is 1. The second-order valence-corrected chi connectivity index (χ2v) is 4.24. The minimum atomic E-state index is -0.615. The van der Waals surface area contributed by atoms with Gasteiger partial charge in [-0.3, -0.25) is 0 Å². The number of ether oxygens (including phenoxy) is 2. The number of carbonyl (C=O) groups is 1. The first-order valence-electron chi connectivity index (χ1n) is 6.12. The topological polar surface area (TPSA) is 68.7 Å². The summed E-state index contributed by atoms with van der Waals surface area (Å²) in [7, 11) is 2.65. The summed E-state index contributed by atoms with van der Waals surface area (Å²) in [5.41, 5.74) is 1.21. The Hall–Kier alpha value is -2.47. The maximum absolute atomic E-state index is 14.0. The first-order chi connectivity index (χ1) is 10.1. The number of rotatable bonds is 4. The van der Waals surface area contributed by atoms with Crippen molar-refractivity contribution >= 4 is 5.97 Å². The van der Waals surface area contributed by atoms with Crippen molar-refractivity contribution in [3.8, 4) is 17.0 Å². The third-order valence-corrected chi connectivity index (χ3v) is 3.00. The molecule has 0 aliphatic carbocycles. The standard InChI is InChI=1S/C15H14FNO4/c1-20-14-6-11(13(16)7-17-14)10-4-3-9(8-18)5-12(10)15(19)21-2/h3-7,18H,8H2,1-2H3. The lowest BCUT2D eigenvalue weighted by molar-refractivity contribution is 0.0601. The average Bonchev–Trinajstić information content (AvgIpc) is 2.54. The molecular formula is C15H14FNO4. The third kappa shape index (κ3) is 3.00. The van der Waals surface area contributed by atoms with Gasteiger partial charge in [0.25, 0.3) is 0 Å². The first-order valence-corrected chi connectivity index (χ1v) is 6.12. The van der Waals surface area contributed by atoms with Crippen molar-refractivity contribution in [2.75, 3.05) is 14.2 Å². The van der Waals surface area contributed by atoms with Gasteiger partial charge in [-0.05, 0) is 17.2 Å². The van der Waals surface area contributed by atoms with Crippen LogP contribution < -0.4 is 4.74 Å². The second-order valence-electron chi connectivity index (χ2n) is 4.24. The number of nitrogens with zero attached hydrogens (tertiary/aromatic N) is 1. The number of aromatic nitrogens is 1. The number of hydrogen-bond acceptors (Lipinski definition) is 5. The Morgan fingerprint density at radius 1 is 1.29 bits per heavy atom. The van der Waals surface area contributed by atoms with E-state index in [1.165, 1.54) is 26.4 Å². The Bertz CT molecular complexity index is 673. The van der Waals surface area contributed by atoms with Gasteiger partial charge in [0.05, 0.1) is 32.6 Å². The van der Waals surface area contributed by atoms with E-state index in [0.717, 1.165) is 6.20 Å². The Kier molecular flexibility index (Phi) is 4.49. The third-order valence-electron chi connectivity index (χ3n) is 3.00. The number of methoxy groups -OCH3 is 2. The maximum atomic E-state index is 14.0. The van der Waals surface area contributed by atoms with E-state index in [4.69, 9.17) is 14.6 Å². The number of benzene rings is 1. The quantitative estimate of drug-likeness (QED) is 0.874. The summed E-state index contributed by atoms with van der Waals surface area (Å²) in [6.07, 6.45) is 1.02. The molecule has 0 spiro atoms. The number of aliphatic hydroxyl groups is 1. The zero-order valence-electron chi connectivity index (χ0n) is 11.6. The maximum Gasteiger partial charge on any atom is 0.338 e. The summed E-state index contributed by atoms with van der Waals surface area (Å²) in [6.45, 7) is -0.230. The molecule has 0 atom stereocenters. The van der Waals surface area contributed by atoms with Gasteiger partial charge >= 0.3 is 5.97 Å². The predicted octanol–water partition coefficient (Wildman–Crippen LogP) is 2.18. The summed E-state index contributed by atoms with van der Waals surface area (Å²) in [5, 5.41) is 9.16. The molecule has 1 aromatic heterocycles. The molecule has 0 amide bonds. The molecule has 0 fully saturated rings. The highest BCUT2D eigenvalue weighted by Crippen LogP contribution is 2.29. The van der Waals surface area contributed by atoms with Gasteiger partial charge in [-0.2, -0.15) is 0 Å². The van der Waals surface area contributed by atoms with Crippen molar-refractivity contribution in [1.82, 2.24) is 4.98 Å². The fourth-order valence-electron chi connectivity index (χ4n) is 1.94. The molecular weight excluding hydrogens is 277 g/mol. The lowest BCUT2D eigenvalue weighted by atomic mass is 9.98. The molecule has 0 radical (unpaired) electrons. The van der Waals surface area contributed by atoms with Crippen LogP contribution in [0.1, 0.15) is 15.9 Å². The normalized spacial score (nSPS) is 10.3. The average molecular weight is 291 g/mol. The molecule has 0 aliphatic heterocycles. The number of aliphatic hydroxyl groups excluding tert-OH is 1. The van der Waals surface area contributed by atoms with Gasteiger partial charge in [0.1, 0.15) is 5.82 Å². The molecule has 1 heterocycles. The van der Waals surface area contributed by atoms with E-state index in [9.17, 15) is 9.18 Å². The molecule has 0 saturated carbocycles. The van der Waals surface area contributed by atoms with E-state index in [0.29, 0.717) is 11.1 Å². The van der Waals surface area contributed by atoms with Crippen LogP contribution in [0.25, 0.3) is 11.1 Å². The van der Waals surface area contributed by atoms with E-state index in [2.05, 4.69) is 4.98 Å². The largest absolute Gasteiger partial charge is 0.481 e. The number of halogens is 1. The second kappa shape index (κ2) is 6.32. The molecule has 0 unspecified atom stereocenters. The highest BCUT2D eigenvalue weighted by Gasteiger charge is 2.17. The zero-order valence-corrected chi connectivity index (χ0v) is 11.6. The van der Waals surface area contributed by atoms with Gasteiger partial charge in [-0.1, -0.05) is 12.1 Å². The Balaban J connectivity index is 2.65. The minimum absolute atomic E-state index is 0.163.